The number of carbonyl (C=O) groups excluding carboxylic acids is 1. The van der Waals surface area contributed by atoms with Crippen LogP contribution in [0.4, 0.5) is 0 Å². The lowest BCUT2D eigenvalue weighted by molar-refractivity contribution is -0.115. The predicted octanol–water partition coefficient (Wildman–Crippen LogP) is 6.17. The molecular formula is C24H34O3. The van der Waals surface area contributed by atoms with Crippen LogP contribution in [0.2, 0.25) is 0 Å². The van der Waals surface area contributed by atoms with Gasteiger partial charge in [-0.05, 0) is 61.4 Å². The SMILES string of the molecule is CCCCCCC(C)(C)c1cc(O)c2c(c1)OC(C)(C)C1CCC(=O)C=C21. The normalized spacial score (nSPS) is 21.1. The fraction of sp³-hybridized carbons (Fsp3) is 0.625. The molecule has 3 rings (SSSR count). The molecule has 1 atom stereocenters. The lowest BCUT2D eigenvalue weighted by atomic mass is 9.71. The first-order valence-corrected chi connectivity index (χ1v) is 10.5. The summed E-state index contributed by atoms with van der Waals surface area (Å²) in [6.07, 6.45) is 9.08. The third-order valence-corrected chi connectivity index (χ3v) is 6.39. The lowest BCUT2D eigenvalue weighted by Crippen LogP contribution is -2.43. The van der Waals surface area contributed by atoms with Gasteiger partial charge in [0.1, 0.15) is 17.1 Å². The van der Waals surface area contributed by atoms with E-state index < -0.39 is 0 Å². The predicted molar refractivity (Wildman–Crippen MR) is 110 cm³/mol. The third kappa shape index (κ3) is 3.93. The van der Waals surface area contributed by atoms with Crippen LogP contribution in [0.15, 0.2) is 18.2 Å². The van der Waals surface area contributed by atoms with Crippen LogP contribution in [0.25, 0.3) is 5.57 Å². The van der Waals surface area contributed by atoms with Gasteiger partial charge in [-0.15, -0.1) is 0 Å². The van der Waals surface area contributed by atoms with Gasteiger partial charge in [0.25, 0.3) is 0 Å². The molecule has 2 aliphatic rings. The van der Waals surface area contributed by atoms with Crippen molar-refractivity contribution in [1.82, 2.24) is 0 Å². The second kappa shape index (κ2) is 7.33. The fourth-order valence-electron chi connectivity index (χ4n) is 4.61. The van der Waals surface area contributed by atoms with Crippen molar-refractivity contribution >= 4 is 11.4 Å². The Morgan fingerprint density at radius 3 is 2.67 bits per heavy atom. The Hall–Kier alpha value is -1.77. The van der Waals surface area contributed by atoms with E-state index in [1.165, 1.54) is 25.7 Å². The summed E-state index contributed by atoms with van der Waals surface area (Å²) in [6.45, 7) is 10.9. The first-order valence-electron chi connectivity index (χ1n) is 10.5. The summed E-state index contributed by atoms with van der Waals surface area (Å²) >= 11 is 0. The highest BCUT2D eigenvalue weighted by Gasteiger charge is 2.43. The molecule has 3 nitrogen and oxygen atoms in total. The molecular weight excluding hydrogens is 336 g/mol. The molecule has 1 unspecified atom stereocenters. The summed E-state index contributed by atoms with van der Waals surface area (Å²) in [5.41, 5.74) is 2.37. The van der Waals surface area contributed by atoms with Gasteiger partial charge in [-0.3, -0.25) is 4.79 Å². The molecule has 0 spiro atoms. The average molecular weight is 371 g/mol. The Balaban J connectivity index is 1.97. The molecule has 0 saturated heterocycles. The number of ketones is 1. The van der Waals surface area contributed by atoms with Crippen molar-refractivity contribution in [3.8, 4) is 11.5 Å². The number of carbonyl (C=O) groups is 1. The Morgan fingerprint density at radius 2 is 1.96 bits per heavy atom. The smallest absolute Gasteiger partial charge is 0.156 e. The van der Waals surface area contributed by atoms with Crippen LogP contribution in [0, 0.1) is 5.92 Å². The molecule has 148 valence electrons. The van der Waals surface area contributed by atoms with Gasteiger partial charge < -0.3 is 9.84 Å². The zero-order chi connectivity index (χ0) is 19.8. The number of ether oxygens (including phenoxy) is 1. The van der Waals surface area contributed by atoms with Gasteiger partial charge in [0, 0.05) is 12.3 Å². The molecule has 1 N–H and O–H groups in total. The second-order valence-corrected chi connectivity index (χ2v) is 9.43. The first-order chi connectivity index (χ1) is 12.7. The number of benzene rings is 1. The standard InChI is InChI=1S/C24H34O3/c1-6-7-8-9-12-23(2,3)16-13-20(26)22-18-15-17(25)10-11-19(18)24(4,5)27-21(22)14-16/h13-15,19,26H,6-12H2,1-5H3. The van der Waals surface area contributed by atoms with E-state index in [0.29, 0.717) is 12.2 Å². The molecule has 27 heavy (non-hydrogen) atoms. The van der Waals surface area contributed by atoms with Crippen LogP contribution in [0.3, 0.4) is 0 Å². The highest BCUT2D eigenvalue weighted by molar-refractivity contribution is 6.01. The van der Waals surface area contributed by atoms with Crippen LogP contribution >= 0.6 is 0 Å². The molecule has 0 saturated carbocycles. The van der Waals surface area contributed by atoms with Crippen LogP contribution in [-0.4, -0.2) is 16.5 Å². The molecule has 1 aliphatic heterocycles. The number of allylic oxidation sites excluding steroid dienone is 1. The largest absolute Gasteiger partial charge is 0.507 e. The quantitative estimate of drug-likeness (QED) is 0.609. The fourth-order valence-corrected chi connectivity index (χ4v) is 4.61. The minimum absolute atomic E-state index is 0.0264. The van der Waals surface area contributed by atoms with E-state index in [-0.39, 0.29) is 28.5 Å². The van der Waals surface area contributed by atoms with E-state index in [1.54, 1.807) is 6.08 Å². The molecule has 0 amide bonds. The summed E-state index contributed by atoms with van der Waals surface area (Å²) in [4.78, 5) is 12.0. The Morgan fingerprint density at radius 1 is 1.22 bits per heavy atom. The lowest BCUT2D eigenvalue weighted by Gasteiger charge is -2.43. The summed E-state index contributed by atoms with van der Waals surface area (Å²) in [5, 5.41) is 10.9. The topological polar surface area (TPSA) is 46.5 Å². The van der Waals surface area contributed by atoms with Crippen LogP contribution in [0.1, 0.15) is 90.7 Å². The van der Waals surface area contributed by atoms with E-state index in [2.05, 4.69) is 40.7 Å². The number of fused-ring (bicyclic) bond motifs is 3. The van der Waals surface area contributed by atoms with Crippen LogP contribution in [-0.2, 0) is 10.2 Å². The Bertz CT molecular complexity index is 755. The zero-order valence-electron chi connectivity index (χ0n) is 17.5. The van der Waals surface area contributed by atoms with Crippen molar-refractivity contribution in [3.05, 3.63) is 29.3 Å². The van der Waals surface area contributed by atoms with Gasteiger partial charge in [0.2, 0.25) is 0 Å². The molecule has 1 aromatic rings. The number of aromatic hydroxyl groups is 1. The van der Waals surface area contributed by atoms with Gasteiger partial charge in [-0.1, -0.05) is 46.5 Å². The number of unbranched alkanes of at least 4 members (excludes halogenated alkanes) is 3. The van der Waals surface area contributed by atoms with Gasteiger partial charge >= 0.3 is 0 Å². The second-order valence-electron chi connectivity index (χ2n) is 9.43. The summed E-state index contributed by atoms with van der Waals surface area (Å²) in [5.74, 6) is 1.24. The highest BCUT2D eigenvalue weighted by Crippen LogP contribution is 2.52. The number of rotatable bonds is 6. The minimum atomic E-state index is -0.379. The molecule has 1 aromatic carbocycles. The van der Waals surface area contributed by atoms with Crippen molar-refractivity contribution < 1.29 is 14.6 Å². The van der Waals surface area contributed by atoms with Crippen molar-refractivity contribution in [2.24, 2.45) is 5.92 Å². The van der Waals surface area contributed by atoms with E-state index in [9.17, 15) is 9.90 Å². The molecule has 0 fully saturated rings. The summed E-state index contributed by atoms with van der Waals surface area (Å²) < 4.78 is 6.37. The number of phenolic OH excluding ortho intramolecular Hbond substituents is 1. The molecule has 0 bridgehead atoms. The third-order valence-electron chi connectivity index (χ3n) is 6.39. The van der Waals surface area contributed by atoms with Crippen molar-refractivity contribution in [3.63, 3.8) is 0 Å². The average Bonchev–Trinajstić information content (AvgIpc) is 2.57. The maximum Gasteiger partial charge on any atom is 0.156 e. The van der Waals surface area contributed by atoms with E-state index in [1.807, 2.05) is 6.07 Å². The van der Waals surface area contributed by atoms with Crippen LogP contribution in [0.5, 0.6) is 11.5 Å². The zero-order valence-corrected chi connectivity index (χ0v) is 17.5. The number of hydrogen-bond donors (Lipinski definition) is 1. The van der Waals surface area contributed by atoms with Gasteiger partial charge in [-0.25, -0.2) is 0 Å². The monoisotopic (exact) mass is 370 g/mol. The van der Waals surface area contributed by atoms with Crippen molar-refractivity contribution in [2.75, 3.05) is 0 Å². The van der Waals surface area contributed by atoms with Gasteiger partial charge in [0.15, 0.2) is 5.78 Å². The summed E-state index contributed by atoms with van der Waals surface area (Å²) in [6, 6.07) is 3.98. The molecule has 3 heteroatoms. The highest BCUT2D eigenvalue weighted by atomic mass is 16.5. The van der Waals surface area contributed by atoms with Gasteiger partial charge in [0.05, 0.1) is 5.56 Å². The van der Waals surface area contributed by atoms with E-state index in [0.717, 1.165) is 29.5 Å². The molecule has 0 radical (unpaired) electrons. The minimum Gasteiger partial charge on any atom is -0.507 e. The number of hydrogen-bond acceptors (Lipinski definition) is 3. The van der Waals surface area contributed by atoms with Crippen molar-refractivity contribution in [2.45, 2.75) is 90.6 Å². The van der Waals surface area contributed by atoms with Crippen LogP contribution < -0.4 is 4.74 Å². The molecule has 1 aliphatic carbocycles. The van der Waals surface area contributed by atoms with Gasteiger partial charge in [-0.2, -0.15) is 0 Å². The molecule has 1 heterocycles. The first kappa shape index (κ1) is 20.0. The van der Waals surface area contributed by atoms with E-state index in [4.69, 9.17) is 4.74 Å². The Labute approximate surface area is 163 Å². The number of phenols is 1. The maximum absolute atomic E-state index is 12.0. The Kier molecular flexibility index (Phi) is 5.42. The van der Waals surface area contributed by atoms with E-state index >= 15 is 0 Å². The van der Waals surface area contributed by atoms with Crippen molar-refractivity contribution in [1.29, 1.82) is 0 Å². The summed E-state index contributed by atoms with van der Waals surface area (Å²) in [7, 11) is 0. The maximum atomic E-state index is 12.0. The molecule has 0 aromatic heterocycles.